The molecule has 0 saturated carbocycles. The fraction of sp³-hybridized carbons (Fsp3) is 0.438. The number of methoxy groups -OCH3 is 1. The molecule has 1 aliphatic rings. The van der Waals surface area contributed by atoms with Crippen LogP contribution in [0.5, 0.6) is 0 Å². The topological polar surface area (TPSA) is 98.9 Å². The highest BCUT2D eigenvalue weighted by molar-refractivity contribution is 5.91. The van der Waals surface area contributed by atoms with E-state index in [4.69, 9.17) is 5.73 Å². The first-order valence-electron chi connectivity index (χ1n) is 7.42. The zero-order valence-electron chi connectivity index (χ0n) is 12.9. The molecule has 2 rings (SSSR count). The zero-order chi connectivity index (χ0) is 16.8. The minimum Gasteiger partial charge on any atom is -0.437 e. The predicted molar refractivity (Wildman–Crippen MR) is 81.4 cm³/mol. The first kappa shape index (κ1) is 17.0. The lowest BCUT2D eigenvalue weighted by Crippen LogP contribution is -2.49. The molecule has 0 aromatic heterocycles. The van der Waals surface area contributed by atoms with Crippen LogP contribution in [0.25, 0.3) is 0 Å². The van der Waals surface area contributed by atoms with Crippen LogP contribution in [-0.2, 0) is 25.5 Å². The van der Waals surface area contributed by atoms with Crippen molar-refractivity contribution in [1.29, 1.82) is 0 Å². The molecular weight excluding hydrogens is 300 g/mol. The van der Waals surface area contributed by atoms with Gasteiger partial charge in [0, 0.05) is 6.54 Å². The van der Waals surface area contributed by atoms with Crippen molar-refractivity contribution >= 4 is 18.0 Å². The van der Waals surface area contributed by atoms with Crippen molar-refractivity contribution in [3.05, 3.63) is 35.9 Å². The van der Waals surface area contributed by atoms with Crippen LogP contribution in [0.15, 0.2) is 30.3 Å². The standard InChI is InChI=1S/C16H20N2O5/c1-22-16(21)23-15(20)13-8-5-9-18(13)14(19)12(17)10-11-6-3-2-4-7-11/h2-4,6-7,12-13H,5,8-10,17H2,1H3/t12-,13+/m1/s1. The molecular formula is C16H20N2O5. The van der Waals surface area contributed by atoms with Crippen molar-refractivity contribution in [2.24, 2.45) is 5.73 Å². The first-order chi connectivity index (χ1) is 11.0. The van der Waals surface area contributed by atoms with E-state index in [1.807, 2.05) is 30.3 Å². The third kappa shape index (κ3) is 4.29. The Morgan fingerprint density at radius 1 is 1.30 bits per heavy atom. The second-order valence-corrected chi connectivity index (χ2v) is 5.36. The Morgan fingerprint density at radius 3 is 2.65 bits per heavy atom. The maximum atomic E-state index is 12.5. The number of carbonyl (C=O) groups is 3. The van der Waals surface area contributed by atoms with E-state index in [2.05, 4.69) is 9.47 Å². The van der Waals surface area contributed by atoms with Gasteiger partial charge in [-0.25, -0.2) is 9.59 Å². The van der Waals surface area contributed by atoms with Gasteiger partial charge in [-0.15, -0.1) is 0 Å². The Morgan fingerprint density at radius 2 is 2.00 bits per heavy atom. The zero-order valence-corrected chi connectivity index (χ0v) is 12.9. The molecule has 1 aliphatic heterocycles. The predicted octanol–water partition coefficient (Wildman–Crippen LogP) is 0.857. The molecule has 2 atom stereocenters. The van der Waals surface area contributed by atoms with Gasteiger partial charge in [-0.2, -0.15) is 0 Å². The summed E-state index contributed by atoms with van der Waals surface area (Å²) in [5.41, 5.74) is 6.93. The van der Waals surface area contributed by atoms with E-state index in [-0.39, 0.29) is 5.91 Å². The first-order valence-corrected chi connectivity index (χ1v) is 7.42. The summed E-state index contributed by atoms with van der Waals surface area (Å²) in [6.45, 7) is 0.419. The maximum absolute atomic E-state index is 12.5. The van der Waals surface area contributed by atoms with Crippen molar-refractivity contribution in [2.45, 2.75) is 31.3 Å². The minimum atomic E-state index is -1.08. The van der Waals surface area contributed by atoms with Crippen LogP contribution < -0.4 is 5.73 Å². The quantitative estimate of drug-likeness (QED) is 0.652. The monoisotopic (exact) mass is 320 g/mol. The second kappa shape index (κ2) is 7.73. The Hall–Kier alpha value is -2.41. The number of amides is 1. The molecule has 1 saturated heterocycles. The molecule has 0 aliphatic carbocycles. The molecule has 1 fully saturated rings. The minimum absolute atomic E-state index is 0.321. The Bertz CT molecular complexity index is 575. The van der Waals surface area contributed by atoms with Gasteiger partial charge in [0.2, 0.25) is 5.91 Å². The Kier molecular flexibility index (Phi) is 5.70. The molecule has 1 amide bonds. The van der Waals surface area contributed by atoms with Crippen LogP contribution in [0.2, 0.25) is 0 Å². The Labute approximate surface area is 134 Å². The van der Waals surface area contributed by atoms with E-state index in [1.54, 1.807) is 0 Å². The molecule has 1 heterocycles. The summed E-state index contributed by atoms with van der Waals surface area (Å²) in [4.78, 5) is 36.9. The van der Waals surface area contributed by atoms with Gasteiger partial charge in [0.1, 0.15) is 6.04 Å². The number of nitrogens with two attached hydrogens (primary N) is 1. The van der Waals surface area contributed by atoms with Gasteiger partial charge in [0.15, 0.2) is 0 Å². The summed E-state index contributed by atoms with van der Waals surface area (Å²) in [5, 5.41) is 0. The second-order valence-electron chi connectivity index (χ2n) is 5.36. The third-order valence-electron chi connectivity index (χ3n) is 3.77. The number of ether oxygens (including phenoxy) is 2. The molecule has 2 N–H and O–H groups in total. The summed E-state index contributed by atoms with van der Waals surface area (Å²) < 4.78 is 8.82. The number of esters is 1. The van der Waals surface area contributed by atoms with Crippen LogP contribution in [0.3, 0.4) is 0 Å². The van der Waals surface area contributed by atoms with Gasteiger partial charge < -0.3 is 20.1 Å². The highest BCUT2D eigenvalue weighted by Crippen LogP contribution is 2.20. The van der Waals surface area contributed by atoms with Crippen molar-refractivity contribution in [3.63, 3.8) is 0 Å². The van der Waals surface area contributed by atoms with Crippen molar-refractivity contribution in [1.82, 2.24) is 4.90 Å². The summed E-state index contributed by atoms with van der Waals surface area (Å²) >= 11 is 0. The smallest absolute Gasteiger partial charge is 0.437 e. The van der Waals surface area contributed by atoms with Gasteiger partial charge in [-0.3, -0.25) is 4.79 Å². The van der Waals surface area contributed by atoms with E-state index in [0.29, 0.717) is 25.8 Å². The molecule has 1 aromatic carbocycles. The molecule has 124 valence electrons. The van der Waals surface area contributed by atoms with E-state index < -0.39 is 24.2 Å². The molecule has 1 aromatic rings. The van der Waals surface area contributed by atoms with Crippen molar-refractivity contribution < 1.29 is 23.9 Å². The number of rotatable bonds is 4. The lowest BCUT2D eigenvalue weighted by Gasteiger charge is -2.25. The van der Waals surface area contributed by atoms with Gasteiger partial charge in [0.25, 0.3) is 0 Å². The van der Waals surface area contributed by atoms with E-state index in [9.17, 15) is 14.4 Å². The van der Waals surface area contributed by atoms with Gasteiger partial charge in [0.05, 0.1) is 13.2 Å². The van der Waals surface area contributed by atoms with Crippen LogP contribution in [0, 0.1) is 0 Å². The largest absolute Gasteiger partial charge is 0.515 e. The molecule has 23 heavy (non-hydrogen) atoms. The normalized spacial score (nSPS) is 18.3. The van der Waals surface area contributed by atoms with E-state index in [0.717, 1.165) is 12.7 Å². The molecule has 0 radical (unpaired) electrons. The van der Waals surface area contributed by atoms with Crippen LogP contribution >= 0.6 is 0 Å². The van der Waals surface area contributed by atoms with Gasteiger partial charge in [-0.05, 0) is 24.8 Å². The number of nitrogens with zero attached hydrogens (tertiary/aromatic N) is 1. The van der Waals surface area contributed by atoms with Gasteiger partial charge in [-0.1, -0.05) is 30.3 Å². The molecule has 0 unspecified atom stereocenters. The van der Waals surface area contributed by atoms with Crippen molar-refractivity contribution in [3.8, 4) is 0 Å². The molecule has 0 bridgehead atoms. The average molecular weight is 320 g/mol. The lowest BCUT2D eigenvalue weighted by atomic mass is 10.1. The number of likely N-dealkylation sites (tertiary alicyclic amines) is 1. The Balaban J connectivity index is 1.99. The van der Waals surface area contributed by atoms with Crippen molar-refractivity contribution in [2.75, 3.05) is 13.7 Å². The fourth-order valence-corrected chi connectivity index (χ4v) is 2.64. The number of hydrogen-bond donors (Lipinski definition) is 1. The lowest BCUT2D eigenvalue weighted by molar-refractivity contribution is -0.150. The third-order valence-corrected chi connectivity index (χ3v) is 3.77. The highest BCUT2D eigenvalue weighted by atomic mass is 16.7. The van der Waals surface area contributed by atoms with Gasteiger partial charge >= 0.3 is 12.1 Å². The van der Waals surface area contributed by atoms with Crippen LogP contribution in [0.4, 0.5) is 4.79 Å². The highest BCUT2D eigenvalue weighted by Gasteiger charge is 2.38. The van der Waals surface area contributed by atoms with Crippen LogP contribution in [0.1, 0.15) is 18.4 Å². The summed E-state index contributed by atoms with van der Waals surface area (Å²) in [7, 11) is 1.11. The summed E-state index contributed by atoms with van der Waals surface area (Å²) in [6, 6.07) is 7.88. The fourth-order valence-electron chi connectivity index (χ4n) is 2.64. The van der Waals surface area contributed by atoms with E-state index in [1.165, 1.54) is 4.90 Å². The molecule has 7 nitrogen and oxygen atoms in total. The number of hydrogen-bond acceptors (Lipinski definition) is 6. The molecule has 0 spiro atoms. The summed E-state index contributed by atoms with van der Waals surface area (Å²) in [6.07, 6.45) is 0.405. The van der Waals surface area contributed by atoms with Crippen LogP contribution in [-0.4, -0.2) is 48.7 Å². The SMILES string of the molecule is COC(=O)OC(=O)[C@@H]1CCCN1C(=O)[C@H](N)Cc1ccccc1. The molecule has 7 heteroatoms. The average Bonchev–Trinajstić information content (AvgIpc) is 3.04. The van der Waals surface area contributed by atoms with E-state index >= 15 is 0 Å². The number of carbonyl (C=O) groups excluding carboxylic acids is 3. The number of benzene rings is 1. The maximum Gasteiger partial charge on any atom is 0.515 e. The summed E-state index contributed by atoms with van der Waals surface area (Å²) in [5.74, 6) is -1.10.